The zero-order valence-corrected chi connectivity index (χ0v) is 14.9. The first kappa shape index (κ1) is 17.1. The summed E-state index contributed by atoms with van der Waals surface area (Å²) in [5, 5.41) is 3.52. The lowest BCUT2D eigenvalue weighted by atomic mass is 10.1. The maximum absolute atomic E-state index is 12.9. The highest BCUT2D eigenvalue weighted by atomic mass is 32.2. The van der Waals surface area contributed by atoms with E-state index in [4.69, 9.17) is 4.84 Å². The van der Waals surface area contributed by atoms with Crippen LogP contribution in [0.2, 0.25) is 0 Å². The first-order chi connectivity index (χ1) is 11.6. The van der Waals surface area contributed by atoms with Crippen LogP contribution in [0.4, 0.5) is 0 Å². The van der Waals surface area contributed by atoms with Crippen LogP contribution in [0.1, 0.15) is 31.7 Å². The number of piperazine rings is 1. The van der Waals surface area contributed by atoms with Gasteiger partial charge in [0.1, 0.15) is 0 Å². The Kier molecular flexibility index (Phi) is 5.30. The summed E-state index contributed by atoms with van der Waals surface area (Å²) in [5.41, 5.74) is 4.30. The van der Waals surface area contributed by atoms with E-state index in [1.807, 2.05) is 24.3 Å². The highest BCUT2D eigenvalue weighted by Gasteiger charge is 2.32. The molecule has 1 aromatic carbocycles. The van der Waals surface area contributed by atoms with Gasteiger partial charge in [-0.2, -0.15) is 0 Å². The normalized spacial score (nSPS) is 18.0. The molecule has 0 unspecified atom stereocenters. The molecule has 0 aliphatic carbocycles. The third-order valence-electron chi connectivity index (χ3n) is 4.37. The molecule has 7 heteroatoms. The van der Waals surface area contributed by atoms with E-state index in [9.17, 15) is 8.42 Å². The fourth-order valence-electron chi connectivity index (χ4n) is 3.08. The molecule has 1 aromatic rings. The Morgan fingerprint density at radius 1 is 1.17 bits per heavy atom. The van der Waals surface area contributed by atoms with E-state index in [1.54, 1.807) is 0 Å². The number of nitrogens with zero attached hydrogens (tertiary/aromatic N) is 1. The van der Waals surface area contributed by atoms with E-state index < -0.39 is 9.84 Å². The Bertz CT molecular complexity index is 710. The maximum atomic E-state index is 12.9. The summed E-state index contributed by atoms with van der Waals surface area (Å²) in [6.07, 6.45) is 2.57. The molecular weight excluding hydrogens is 326 g/mol. The first-order valence-corrected chi connectivity index (χ1v) is 10.2. The van der Waals surface area contributed by atoms with Gasteiger partial charge in [-0.1, -0.05) is 31.9 Å². The SMILES string of the molecule is CCCCCS(=O)(=O)C1=C(N2CCNCC2)c2ccccc2ON1. The third kappa shape index (κ3) is 3.52. The number of fused-ring (bicyclic) bond motifs is 1. The van der Waals surface area contributed by atoms with Gasteiger partial charge in [0.15, 0.2) is 20.6 Å². The van der Waals surface area contributed by atoms with Crippen molar-refractivity contribution in [3.05, 3.63) is 34.9 Å². The van der Waals surface area contributed by atoms with Gasteiger partial charge in [-0.15, -0.1) is 0 Å². The summed E-state index contributed by atoms with van der Waals surface area (Å²) >= 11 is 0. The second-order valence-electron chi connectivity index (χ2n) is 6.14. The van der Waals surface area contributed by atoms with Crippen LogP contribution in [-0.2, 0) is 9.84 Å². The lowest BCUT2D eigenvalue weighted by Gasteiger charge is -2.35. The Labute approximate surface area is 143 Å². The molecule has 2 aliphatic rings. The third-order valence-corrected chi connectivity index (χ3v) is 6.10. The summed E-state index contributed by atoms with van der Waals surface area (Å²) in [6.45, 7) is 5.31. The Morgan fingerprint density at radius 2 is 1.92 bits per heavy atom. The average Bonchev–Trinajstić information content (AvgIpc) is 2.61. The van der Waals surface area contributed by atoms with Gasteiger partial charge in [-0.05, 0) is 18.6 Å². The molecule has 0 amide bonds. The monoisotopic (exact) mass is 351 g/mol. The molecule has 2 heterocycles. The number of hydrogen-bond acceptors (Lipinski definition) is 6. The van der Waals surface area contributed by atoms with Crippen LogP contribution in [0.3, 0.4) is 0 Å². The molecule has 0 radical (unpaired) electrons. The van der Waals surface area contributed by atoms with Crippen molar-refractivity contribution in [1.29, 1.82) is 0 Å². The largest absolute Gasteiger partial charge is 0.381 e. The molecule has 24 heavy (non-hydrogen) atoms. The van der Waals surface area contributed by atoms with Crippen LogP contribution in [0, 0.1) is 0 Å². The zero-order valence-electron chi connectivity index (χ0n) is 14.0. The average molecular weight is 351 g/mol. The van der Waals surface area contributed by atoms with E-state index in [1.165, 1.54) is 0 Å². The van der Waals surface area contributed by atoms with Gasteiger partial charge in [0, 0.05) is 31.7 Å². The van der Waals surface area contributed by atoms with Crippen molar-refractivity contribution in [2.24, 2.45) is 0 Å². The Morgan fingerprint density at radius 3 is 2.67 bits per heavy atom. The topological polar surface area (TPSA) is 70.7 Å². The molecule has 2 N–H and O–H groups in total. The maximum Gasteiger partial charge on any atom is 0.198 e. The van der Waals surface area contributed by atoms with E-state index in [0.29, 0.717) is 12.2 Å². The van der Waals surface area contributed by atoms with Crippen LogP contribution < -0.4 is 15.6 Å². The van der Waals surface area contributed by atoms with Gasteiger partial charge < -0.3 is 15.1 Å². The molecule has 132 valence electrons. The molecule has 6 nitrogen and oxygen atoms in total. The van der Waals surface area contributed by atoms with Crippen LogP contribution in [0.25, 0.3) is 5.70 Å². The highest BCUT2D eigenvalue weighted by Crippen LogP contribution is 2.35. The van der Waals surface area contributed by atoms with Crippen molar-refractivity contribution in [3.8, 4) is 5.75 Å². The minimum atomic E-state index is -3.42. The van der Waals surface area contributed by atoms with Gasteiger partial charge in [0.25, 0.3) is 0 Å². The summed E-state index contributed by atoms with van der Waals surface area (Å²) in [6, 6.07) is 7.58. The number of hydroxylamine groups is 1. The van der Waals surface area contributed by atoms with Gasteiger partial charge in [0.2, 0.25) is 0 Å². The molecule has 0 aromatic heterocycles. The fraction of sp³-hybridized carbons (Fsp3) is 0.529. The molecule has 1 saturated heterocycles. The number of unbranched alkanes of at least 4 members (excludes halogenated alkanes) is 2. The molecule has 3 rings (SSSR count). The molecule has 0 saturated carbocycles. The van der Waals surface area contributed by atoms with Crippen molar-refractivity contribution >= 4 is 15.5 Å². The predicted molar refractivity (Wildman–Crippen MR) is 94.9 cm³/mol. The molecule has 2 aliphatic heterocycles. The van der Waals surface area contributed by atoms with E-state index in [0.717, 1.165) is 50.3 Å². The number of para-hydroxylation sites is 1. The van der Waals surface area contributed by atoms with Crippen molar-refractivity contribution in [1.82, 2.24) is 15.7 Å². The number of benzene rings is 1. The summed E-state index contributed by atoms with van der Waals surface area (Å²) in [4.78, 5) is 7.66. The zero-order chi connectivity index (χ0) is 17.0. The predicted octanol–water partition coefficient (Wildman–Crippen LogP) is 1.72. The molecule has 0 bridgehead atoms. The summed E-state index contributed by atoms with van der Waals surface area (Å²) in [7, 11) is -3.42. The van der Waals surface area contributed by atoms with Crippen molar-refractivity contribution in [2.75, 3.05) is 31.9 Å². The summed E-state index contributed by atoms with van der Waals surface area (Å²) < 4.78 is 25.8. The molecule has 0 spiro atoms. The van der Waals surface area contributed by atoms with Gasteiger partial charge >= 0.3 is 0 Å². The van der Waals surface area contributed by atoms with Crippen molar-refractivity contribution < 1.29 is 13.3 Å². The lowest BCUT2D eigenvalue weighted by molar-refractivity contribution is 0.223. The second kappa shape index (κ2) is 7.44. The Hall–Kier alpha value is -1.73. The van der Waals surface area contributed by atoms with Crippen LogP contribution in [0.15, 0.2) is 29.3 Å². The second-order valence-corrected chi connectivity index (χ2v) is 8.19. The van der Waals surface area contributed by atoms with Crippen LogP contribution in [0.5, 0.6) is 5.75 Å². The van der Waals surface area contributed by atoms with Crippen LogP contribution >= 0.6 is 0 Å². The Balaban J connectivity index is 2.02. The summed E-state index contributed by atoms with van der Waals surface area (Å²) in [5.74, 6) is 0.808. The first-order valence-electron chi connectivity index (χ1n) is 8.58. The molecule has 0 atom stereocenters. The van der Waals surface area contributed by atoms with Crippen molar-refractivity contribution in [3.63, 3.8) is 0 Å². The van der Waals surface area contributed by atoms with E-state index in [2.05, 4.69) is 22.6 Å². The van der Waals surface area contributed by atoms with E-state index >= 15 is 0 Å². The van der Waals surface area contributed by atoms with Gasteiger partial charge in [-0.25, -0.2) is 13.9 Å². The fourth-order valence-corrected chi connectivity index (χ4v) is 4.57. The minimum Gasteiger partial charge on any atom is -0.381 e. The van der Waals surface area contributed by atoms with Crippen molar-refractivity contribution in [2.45, 2.75) is 26.2 Å². The van der Waals surface area contributed by atoms with E-state index in [-0.39, 0.29) is 10.8 Å². The van der Waals surface area contributed by atoms with Crippen LogP contribution in [-0.4, -0.2) is 45.2 Å². The quantitative estimate of drug-likeness (QED) is 0.761. The molecular formula is C17H25N3O3S. The lowest BCUT2D eigenvalue weighted by Crippen LogP contribution is -2.45. The minimum absolute atomic E-state index is 0.143. The smallest absolute Gasteiger partial charge is 0.198 e. The number of nitrogens with one attached hydrogen (secondary N) is 2. The standard InChI is InChI=1S/C17H25N3O3S/c1-2-3-6-13-24(21,22)17-16(20-11-9-18-10-12-20)14-7-4-5-8-15(14)23-19-17/h4-5,7-8,18-19H,2-3,6,9-13H2,1H3. The number of hydrogen-bond donors (Lipinski definition) is 2. The van der Waals surface area contributed by atoms with Gasteiger partial charge in [-0.3, -0.25) is 0 Å². The number of sulfone groups is 1. The van der Waals surface area contributed by atoms with Gasteiger partial charge in [0.05, 0.1) is 11.4 Å². The number of rotatable bonds is 6. The highest BCUT2D eigenvalue weighted by molar-refractivity contribution is 7.95. The molecule has 1 fully saturated rings.